The Balaban J connectivity index is 1.80. The molecule has 2 rings (SSSR count). The van der Waals surface area contributed by atoms with Gasteiger partial charge in [0.25, 0.3) is 10.0 Å². The van der Waals surface area contributed by atoms with E-state index in [9.17, 15) is 8.42 Å². The van der Waals surface area contributed by atoms with Gasteiger partial charge in [-0.15, -0.1) is 11.3 Å². The second-order valence-electron chi connectivity index (χ2n) is 5.91. The van der Waals surface area contributed by atoms with Crippen LogP contribution in [0, 0.1) is 0 Å². The maximum atomic E-state index is 12.5. The predicted octanol–water partition coefficient (Wildman–Crippen LogP) is 1.99. The maximum absolute atomic E-state index is 12.5. The van der Waals surface area contributed by atoms with Crippen molar-refractivity contribution >= 4 is 27.3 Å². The summed E-state index contributed by atoms with van der Waals surface area (Å²) in [6.45, 7) is 7.01. The summed E-state index contributed by atoms with van der Waals surface area (Å²) < 4.78 is 29.1. The molecule has 2 aromatic rings. The monoisotopic (exact) mass is 411 g/mol. The summed E-state index contributed by atoms with van der Waals surface area (Å²) >= 11 is 1.34. The number of thiophene rings is 1. The van der Waals surface area contributed by atoms with Crippen LogP contribution in [0.1, 0.15) is 18.7 Å². The minimum atomic E-state index is -3.37. The van der Waals surface area contributed by atoms with E-state index in [4.69, 9.17) is 0 Å². The topological polar surface area (TPSA) is 78.7 Å². The maximum Gasteiger partial charge on any atom is 0.252 e. The molecule has 0 aliphatic heterocycles. The normalized spacial score (nSPS) is 12.5. The van der Waals surface area contributed by atoms with Gasteiger partial charge in [-0.1, -0.05) is 13.8 Å². The standard InChI is InChI=1S/C18H29N5O2S2/c1-4-23(5-2)27(24,25)17-9-8-16(26-17)10-11-20-18(19-3)21-12-15-22-13-6-7-14-22/h6-9,13-14H,4-5,10-12,15H2,1-3H3,(H2,19,20,21). The van der Waals surface area contributed by atoms with Gasteiger partial charge in [0.1, 0.15) is 4.21 Å². The van der Waals surface area contributed by atoms with Crippen LogP contribution in [0.4, 0.5) is 0 Å². The van der Waals surface area contributed by atoms with Gasteiger partial charge in [-0.2, -0.15) is 4.31 Å². The molecule has 0 aromatic carbocycles. The number of aromatic nitrogens is 1. The van der Waals surface area contributed by atoms with Crippen molar-refractivity contribution in [1.82, 2.24) is 19.5 Å². The van der Waals surface area contributed by atoms with E-state index in [1.54, 1.807) is 13.1 Å². The van der Waals surface area contributed by atoms with E-state index in [-0.39, 0.29) is 0 Å². The third-order valence-corrected chi connectivity index (χ3v) is 7.81. The molecule has 2 aromatic heterocycles. The van der Waals surface area contributed by atoms with Gasteiger partial charge in [0.2, 0.25) is 0 Å². The summed E-state index contributed by atoms with van der Waals surface area (Å²) in [4.78, 5) is 5.25. The molecule has 0 fully saturated rings. The lowest BCUT2D eigenvalue weighted by Crippen LogP contribution is -2.39. The average molecular weight is 412 g/mol. The van der Waals surface area contributed by atoms with Crippen molar-refractivity contribution in [2.75, 3.05) is 33.2 Å². The number of guanidine groups is 1. The number of aliphatic imine (C=N–C) groups is 1. The third kappa shape index (κ3) is 6.08. The van der Waals surface area contributed by atoms with Crippen molar-refractivity contribution in [3.05, 3.63) is 41.5 Å². The fourth-order valence-corrected chi connectivity index (χ4v) is 5.64. The van der Waals surface area contributed by atoms with Crippen LogP contribution in [0.3, 0.4) is 0 Å². The fourth-order valence-electron chi connectivity index (χ4n) is 2.67. The van der Waals surface area contributed by atoms with Gasteiger partial charge in [0.05, 0.1) is 0 Å². The summed E-state index contributed by atoms with van der Waals surface area (Å²) in [6, 6.07) is 7.61. The zero-order valence-electron chi connectivity index (χ0n) is 16.2. The molecule has 0 bridgehead atoms. The lowest BCUT2D eigenvalue weighted by molar-refractivity contribution is 0.447. The minimum Gasteiger partial charge on any atom is -0.356 e. The molecule has 0 amide bonds. The molecule has 7 nitrogen and oxygen atoms in total. The molecule has 150 valence electrons. The number of sulfonamides is 1. The molecule has 0 aliphatic rings. The van der Waals surface area contributed by atoms with E-state index in [1.165, 1.54) is 15.6 Å². The van der Waals surface area contributed by atoms with Crippen LogP contribution < -0.4 is 10.6 Å². The Morgan fingerprint density at radius 3 is 2.44 bits per heavy atom. The molecule has 0 unspecified atom stereocenters. The van der Waals surface area contributed by atoms with Crippen LogP contribution in [-0.2, 0) is 23.0 Å². The van der Waals surface area contributed by atoms with E-state index in [0.717, 1.165) is 30.3 Å². The summed E-state index contributed by atoms with van der Waals surface area (Å²) in [5.74, 6) is 0.745. The summed E-state index contributed by atoms with van der Waals surface area (Å²) in [7, 11) is -1.63. The van der Waals surface area contributed by atoms with Crippen molar-refractivity contribution < 1.29 is 8.42 Å². The molecule has 0 atom stereocenters. The summed E-state index contributed by atoms with van der Waals surface area (Å²) in [5.41, 5.74) is 0. The molecule has 2 N–H and O–H groups in total. The first kappa shape index (κ1) is 21.5. The van der Waals surface area contributed by atoms with Crippen LogP contribution in [-0.4, -0.2) is 56.5 Å². The highest BCUT2D eigenvalue weighted by molar-refractivity contribution is 7.91. The number of nitrogens with one attached hydrogen (secondary N) is 2. The lowest BCUT2D eigenvalue weighted by atomic mass is 10.3. The van der Waals surface area contributed by atoms with Crippen molar-refractivity contribution in [2.24, 2.45) is 4.99 Å². The SMILES string of the molecule is CCN(CC)S(=O)(=O)c1ccc(CCNC(=NC)NCCn2cccc2)s1. The molecule has 0 spiro atoms. The highest BCUT2D eigenvalue weighted by atomic mass is 32.2. The molecule has 27 heavy (non-hydrogen) atoms. The molecule has 2 heterocycles. The molecule has 9 heteroatoms. The van der Waals surface area contributed by atoms with Crippen molar-refractivity contribution in [3.63, 3.8) is 0 Å². The van der Waals surface area contributed by atoms with Crippen LogP contribution in [0.25, 0.3) is 0 Å². The first-order valence-corrected chi connectivity index (χ1v) is 11.4. The number of hydrogen-bond donors (Lipinski definition) is 2. The van der Waals surface area contributed by atoms with Crippen molar-refractivity contribution in [3.8, 4) is 0 Å². The van der Waals surface area contributed by atoms with Crippen LogP contribution in [0.5, 0.6) is 0 Å². The number of nitrogens with zero attached hydrogens (tertiary/aromatic N) is 3. The van der Waals surface area contributed by atoms with Gasteiger partial charge in [0.15, 0.2) is 5.96 Å². The second-order valence-corrected chi connectivity index (χ2v) is 9.24. The number of rotatable bonds is 10. The summed E-state index contributed by atoms with van der Waals surface area (Å²) in [6.07, 6.45) is 4.80. The Morgan fingerprint density at radius 2 is 1.81 bits per heavy atom. The van der Waals surface area contributed by atoms with Gasteiger partial charge in [-0.3, -0.25) is 4.99 Å². The van der Waals surface area contributed by atoms with Crippen LogP contribution >= 0.6 is 11.3 Å². The van der Waals surface area contributed by atoms with Crippen molar-refractivity contribution in [1.29, 1.82) is 0 Å². The second kappa shape index (κ2) is 10.5. The highest BCUT2D eigenvalue weighted by Gasteiger charge is 2.23. The Bertz CT molecular complexity index is 809. The molecule has 0 saturated carbocycles. The van der Waals surface area contributed by atoms with Gasteiger partial charge < -0.3 is 15.2 Å². The minimum absolute atomic E-state index is 0.412. The Hall–Kier alpha value is -1.84. The fraction of sp³-hybridized carbons (Fsp3) is 0.500. The molecule has 0 saturated heterocycles. The quantitative estimate of drug-likeness (QED) is 0.463. The Labute approximate surface area is 166 Å². The van der Waals surface area contributed by atoms with E-state index >= 15 is 0 Å². The van der Waals surface area contributed by atoms with Crippen molar-refractivity contribution in [2.45, 2.75) is 31.0 Å². The first-order chi connectivity index (χ1) is 13.0. The third-order valence-electron chi connectivity index (χ3n) is 4.15. The van der Waals surface area contributed by atoms with Gasteiger partial charge >= 0.3 is 0 Å². The molecular formula is C18H29N5O2S2. The Morgan fingerprint density at radius 1 is 1.15 bits per heavy atom. The molecular weight excluding hydrogens is 382 g/mol. The lowest BCUT2D eigenvalue weighted by Gasteiger charge is -2.16. The first-order valence-electron chi connectivity index (χ1n) is 9.15. The van der Waals surface area contributed by atoms with Crippen LogP contribution in [0.15, 0.2) is 45.9 Å². The van der Waals surface area contributed by atoms with Gasteiger partial charge in [-0.25, -0.2) is 8.42 Å². The van der Waals surface area contributed by atoms with E-state index < -0.39 is 10.0 Å². The number of hydrogen-bond acceptors (Lipinski definition) is 4. The predicted molar refractivity (Wildman–Crippen MR) is 112 cm³/mol. The van der Waals surface area contributed by atoms with Gasteiger partial charge in [0, 0.05) is 57.0 Å². The average Bonchev–Trinajstić information content (AvgIpc) is 3.33. The van der Waals surface area contributed by atoms with E-state index in [2.05, 4.69) is 20.2 Å². The van der Waals surface area contributed by atoms with Gasteiger partial charge in [-0.05, 0) is 30.7 Å². The molecule has 0 radical (unpaired) electrons. The highest BCUT2D eigenvalue weighted by Crippen LogP contribution is 2.25. The summed E-state index contributed by atoms with van der Waals surface area (Å²) in [5, 5.41) is 6.54. The Kier molecular flexibility index (Phi) is 8.33. The van der Waals surface area contributed by atoms with E-state index in [0.29, 0.717) is 23.8 Å². The zero-order valence-corrected chi connectivity index (χ0v) is 17.8. The largest absolute Gasteiger partial charge is 0.356 e. The smallest absolute Gasteiger partial charge is 0.252 e. The molecule has 0 aliphatic carbocycles. The zero-order chi connectivity index (χ0) is 19.7. The van der Waals surface area contributed by atoms with E-state index in [1.807, 2.05) is 44.4 Å². The van der Waals surface area contributed by atoms with Crippen LogP contribution in [0.2, 0.25) is 0 Å².